The van der Waals surface area contributed by atoms with Gasteiger partial charge in [0.05, 0.1) is 5.52 Å². The van der Waals surface area contributed by atoms with Crippen LogP contribution in [0.5, 0.6) is 0 Å². The molecule has 1 atom stereocenters. The van der Waals surface area contributed by atoms with Crippen LogP contribution in [0.25, 0.3) is 22.0 Å². The second kappa shape index (κ2) is 9.45. The van der Waals surface area contributed by atoms with Crippen LogP contribution in [0.3, 0.4) is 0 Å². The van der Waals surface area contributed by atoms with Crippen molar-refractivity contribution in [3.05, 3.63) is 95.7 Å². The number of para-hydroxylation sites is 1. The minimum Gasteiger partial charge on any atom is -1.00 e. The van der Waals surface area contributed by atoms with Gasteiger partial charge < -0.3 is 24.8 Å². The topological polar surface area (TPSA) is 12.9 Å². The van der Waals surface area contributed by atoms with Crippen LogP contribution in [0.1, 0.15) is 17.0 Å². The van der Waals surface area contributed by atoms with Crippen LogP contribution >= 0.6 is 11.1 Å². The number of hydrogen-bond acceptors (Lipinski definition) is 1. The molecule has 1 radical (unpaired) electrons. The molecule has 0 amide bonds. The quantitative estimate of drug-likeness (QED) is 0.267. The number of aromatic nitrogens is 1. The molecule has 0 saturated carbocycles. The fraction of sp³-hybridized carbons (Fsp3) is 0.125. The first-order chi connectivity index (χ1) is 13.0. The van der Waals surface area contributed by atoms with Crippen molar-refractivity contribution >= 4 is 34.6 Å². The van der Waals surface area contributed by atoms with Crippen LogP contribution in [0.2, 0.25) is 13.1 Å². The Hall–Kier alpha value is -1.31. The molecule has 30 heavy (non-hydrogen) atoms. The van der Waals surface area contributed by atoms with Gasteiger partial charge in [0.15, 0.2) is 7.38 Å². The molecule has 6 heteroatoms. The van der Waals surface area contributed by atoms with Crippen molar-refractivity contribution < 1.29 is 42.2 Å². The van der Waals surface area contributed by atoms with Crippen LogP contribution in [0, 0.1) is 6.08 Å². The van der Waals surface area contributed by atoms with E-state index in [9.17, 15) is 0 Å². The number of halogens is 3. The number of rotatable bonds is 2. The van der Waals surface area contributed by atoms with E-state index in [1.54, 1.807) is 0 Å². The Morgan fingerprint density at radius 3 is 2.53 bits per heavy atom. The summed E-state index contributed by atoms with van der Waals surface area (Å²) < 4.78 is 0. The third-order valence-corrected chi connectivity index (χ3v) is 7.72. The van der Waals surface area contributed by atoms with Gasteiger partial charge in [-0.2, -0.15) is 11.1 Å². The maximum atomic E-state index is 6.88. The predicted molar refractivity (Wildman–Crippen MR) is 117 cm³/mol. The standard InChI is InChI=1S/C24H19ClNSi.2ClH.Cr/c1-27(2,25)18-14-22-19-10-4-3-7-17(19)13-21(22)23(15-18)20-11-5-8-16-9-6-12-26-24(16)20;;;/h3-12,14-15,19H,1-2H3;2*1H;/q-1;;;+3/p-2. The third-order valence-electron chi connectivity index (χ3n) is 5.41. The van der Waals surface area contributed by atoms with Crippen molar-refractivity contribution in [2.75, 3.05) is 0 Å². The van der Waals surface area contributed by atoms with Gasteiger partial charge in [-0.05, 0) is 22.9 Å². The van der Waals surface area contributed by atoms with Gasteiger partial charge in [0.1, 0.15) is 0 Å². The second-order valence-corrected chi connectivity index (χ2v) is 14.0. The van der Waals surface area contributed by atoms with E-state index < -0.39 is 7.38 Å². The molecule has 1 heterocycles. The Labute approximate surface area is 206 Å². The third kappa shape index (κ3) is 4.21. The first kappa shape index (κ1) is 25.0. The molecule has 1 unspecified atom stereocenters. The van der Waals surface area contributed by atoms with E-state index in [0.29, 0.717) is 0 Å². The molecular formula is C24H19Cl3CrNSi. The number of pyridine rings is 1. The van der Waals surface area contributed by atoms with Gasteiger partial charge in [-0.15, -0.1) is 34.9 Å². The molecule has 0 fully saturated rings. The first-order valence-electron chi connectivity index (χ1n) is 9.22. The fourth-order valence-corrected chi connectivity index (χ4v) is 5.32. The zero-order valence-corrected chi connectivity index (χ0v) is 21.0. The van der Waals surface area contributed by atoms with Gasteiger partial charge in [-0.1, -0.05) is 72.4 Å². The Morgan fingerprint density at radius 2 is 1.77 bits per heavy atom. The van der Waals surface area contributed by atoms with E-state index in [2.05, 4.69) is 84.9 Å². The van der Waals surface area contributed by atoms with Crippen LogP contribution < -0.4 is 30.0 Å². The fourth-order valence-electron chi connectivity index (χ4n) is 4.00. The van der Waals surface area contributed by atoms with Crippen LogP contribution in [-0.2, 0) is 17.4 Å². The SMILES string of the molecule is C[Si](C)(Cl)c1cc(-c2cccc3cccnc23)c2c(c1)C1C=CC=CC1=[C-]2.[Cl-].[Cl-].[Cr+3]. The summed E-state index contributed by atoms with van der Waals surface area (Å²) in [6.07, 6.45) is 14.2. The molecule has 151 valence electrons. The van der Waals surface area contributed by atoms with Crippen molar-refractivity contribution in [3.8, 4) is 11.1 Å². The number of nitrogens with zero attached hydrogens (tertiary/aromatic N) is 1. The van der Waals surface area contributed by atoms with Crippen molar-refractivity contribution in [2.24, 2.45) is 0 Å². The molecular weight excluding hydrogens is 489 g/mol. The van der Waals surface area contributed by atoms with Crippen molar-refractivity contribution in [1.82, 2.24) is 4.98 Å². The van der Waals surface area contributed by atoms with Gasteiger partial charge in [0.25, 0.3) is 0 Å². The molecule has 0 bridgehead atoms. The summed E-state index contributed by atoms with van der Waals surface area (Å²) in [4.78, 5) is 4.68. The minimum absolute atomic E-state index is 0. The van der Waals surface area contributed by atoms with Crippen LogP contribution in [0.4, 0.5) is 0 Å². The summed E-state index contributed by atoms with van der Waals surface area (Å²) in [6, 6.07) is 15.1. The molecule has 5 rings (SSSR count). The molecule has 2 aliphatic carbocycles. The monoisotopic (exact) mass is 506 g/mol. The molecule has 1 nitrogen and oxygen atoms in total. The molecule has 2 aliphatic rings. The van der Waals surface area contributed by atoms with E-state index >= 15 is 0 Å². The van der Waals surface area contributed by atoms with E-state index in [-0.39, 0.29) is 48.1 Å². The van der Waals surface area contributed by atoms with Crippen LogP contribution in [-0.4, -0.2) is 12.4 Å². The van der Waals surface area contributed by atoms with Crippen molar-refractivity contribution in [2.45, 2.75) is 19.0 Å². The zero-order chi connectivity index (χ0) is 18.6. The molecule has 0 spiro atoms. The smallest absolute Gasteiger partial charge is 1.00 e. The maximum absolute atomic E-state index is 6.88. The van der Waals surface area contributed by atoms with Crippen molar-refractivity contribution in [3.63, 3.8) is 0 Å². The zero-order valence-electron chi connectivity index (χ0n) is 16.5. The molecule has 1 aromatic heterocycles. The van der Waals surface area contributed by atoms with Gasteiger partial charge in [0.2, 0.25) is 0 Å². The van der Waals surface area contributed by atoms with E-state index in [1.807, 2.05) is 12.3 Å². The molecule has 0 saturated heterocycles. The summed E-state index contributed by atoms with van der Waals surface area (Å²) in [7, 11) is -1.99. The number of fused-ring (bicyclic) bond motifs is 4. The summed E-state index contributed by atoms with van der Waals surface area (Å²) in [5.74, 6) is 0.277. The van der Waals surface area contributed by atoms with Gasteiger partial charge in [-0.3, -0.25) is 4.98 Å². The largest absolute Gasteiger partial charge is 3.00 e. The summed E-state index contributed by atoms with van der Waals surface area (Å²) in [5, 5.41) is 2.41. The van der Waals surface area contributed by atoms with E-state index in [0.717, 1.165) is 16.5 Å². The Kier molecular flexibility index (Phi) is 7.86. The molecule has 3 aromatic rings. The Balaban J connectivity index is 0.00000107. The van der Waals surface area contributed by atoms with Crippen molar-refractivity contribution in [1.29, 1.82) is 0 Å². The van der Waals surface area contributed by atoms with Crippen LogP contribution in [0.15, 0.2) is 78.5 Å². The van der Waals surface area contributed by atoms with E-state index in [4.69, 9.17) is 11.1 Å². The maximum Gasteiger partial charge on any atom is 3.00 e. The number of allylic oxidation sites excluding steroid dienone is 5. The number of hydrogen-bond donors (Lipinski definition) is 0. The molecule has 0 N–H and O–H groups in total. The normalized spacial score (nSPS) is 16.0. The average molecular weight is 508 g/mol. The minimum atomic E-state index is -1.99. The van der Waals surface area contributed by atoms with Gasteiger partial charge in [-0.25, -0.2) is 0 Å². The second-order valence-electron chi connectivity index (χ2n) is 7.64. The van der Waals surface area contributed by atoms with E-state index in [1.165, 1.54) is 27.5 Å². The molecule has 0 aliphatic heterocycles. The average Bonchev–Trinajstić information content (AvgIpc) is 3.05. The predicted octanol–water partition coefficient (Wildman–Crippen LogP) is -0.141. The summed E-state index contributed by atoms with van der Waals surface area (Å²) in [6.45, 7) is 4.37. The summed E-state index contributed by atoms with van der Waals surface area (Å²) >= 11 is 6.88. The Morgan fingerprint density at radius 1 is 1.00 bits per heavy atom. The Bertz CT molecular complexity index is 1170. The van der Waals surface area contributed by atoms with Gasteiger partial charge >= 0.3 is 17.4 Å². The summed E-state index contributed by atoms with van der Waals surface area (Å²) in [5.41, 5.74) is 7.10. The molecule has 2 aromatic carbocycles. The first-order valence-corrected chi connectivity index (χ1v) is 13.2. The van der Waals surface area contributed by atoms with Gasteiger partial charge in [0, 0.05) is 6.20 Å². The number of benzene rings is 2.